The van der Waals surface area contributed by atoms with Crippen molar-refractivity contribution in [3.63, 3.8) is 0 Å². The van der Waals surface area contributed by atoms with Crippen molar-refractivity contribution in [2.75, 3.05) is 12.8 Å². The highest BCUT2D eigenvalue weighted by atomic mass is 16.5. The number of methoxy groups -OCH3 is 1. The van der Waals surface area contributed by atoms with E-state index in [0.29, 0.717) is 17.0 Å². The van der Waals surface area contributed by atoms with Crippen LogP contribution < -0.4 is 15.8 Å². The van der Waals surface area contributed by atoms with Crippen LogP contribution in [-0.4, -0.2) is 13.0 Å². The first-order valence-electron chi connectivity index (χ1n) is 6.82. The van der Waals surface area contributed by atoms with E-state index in [1.165, 1.54) is 0 Å². The Morgan fingerprint density at radius 3 is 2.48 bits per heavy atom. The summed E-state index contributed by atoms with van der Waals surface area (Å²) in [6, 6.07) is 12.9. The summed E-state index contributed by atoms with van der Waals surface area (Å²) in [5.41, 5.74) is 8.94. The lowest BCUT2D eigenvalue weighted by Crippen LogP contribution is -2.27. The Balaban J connectivity index is 2.17. The van der Waals surface area contributed by atoms with E-state index in [9.17, 15) is 4.79 Å². The van der Waals surface area contributed by atoms with Crippen molar-refractivity contribution in [3.05, 3.63) is 59.2 Å². The van der Waals surface area contributed by atoms with Gasteiger partial charge in [-0.25, -0.2) is 0 Å². The molecular formula is C17H20N2O2. The first kappa shape index (κ1) is 14.9. The Kier molecular flexibility index (Phi) is 4.48. The number of carbonyl (C=O) groups excluding carboxylic acids is 1. The molecule has 0 aliphatic heterocycles. The van der Waals surface area contributed by atoms with E-state index in [1.54, 1.807) is 13.2 Å². The minimum atomic E-state index is -0.153. The van der Waals surface area contributed by atoms with Crippen LogP contribution in [0, 0.1) is 6.92 Å². The van der Waals surface area contributed by atoms with E-state index in [2.05, 4.69) is 5.32 Å². The molecule has 3 N–H and O–H groups in total. The molecule has 4 heteroatoms. The van der Waals surface area contributed by atoms with Gasteiger partial charge in [0.1, 0.15) is 5.75 Å². The van der Waals surface area contributed by atoms with Gasteiger partial charge in [0.2, 0.25) is 0 Å². The second-order valence-corrected chi connectivity index (χ2v) is 5.07. The molecular weight excluding hydrogens is 264 g/mol. The van der Waals surface area contributed by atoms with Crippen LogP contribution in [-0.2, 0) is 0 Å². The van der Waals surface area contributed by atoms with E-state index in [-0.39, 0.29) is 11.9 Å². The summed E-state index contributed by atoms with van der Waals surface area (Å²) in [5.74, 6) is 0.419. The summed E-state index contributed by atoms with van der Waals surface area (Å²) in [7, 11) is 1.56. The summed E-state index contributed by atoms with van der Waals surface area (Å²) in [5, 5.41) is 2.97. The van der Waals surface area contributed by atoms with Gasteiger partial charge in [0.15, 0.2) is 0 Å². The highest BCUT2D eigenvalue weighted by molar-refractivity contribution is 5.97. The Morgan fingerprint density at radius 1 is 1.19 bits per heavy atom. The van der Waals surface area contributed by atoms with E-state index < -0.39 is 0 Å². The summed E-state index contributed by atoms with van der Waals surface area (Å²) < 4.78 is 5.25. The molecule has 1 unspecified atom stereocenters. The molecule has 21 heavy (non-hydrogen) atoms. The molecule has 2 aromatic carbocycles. The van der Waals surface area contributed by atoms with Crippen molar-refractivity contribution in [3.8, 4) is 5.75 Å². The lowest BCUT2D eigenvalue weighted by Gasteiger charge is -2.16. The fourth-order valence-electron chi connectivity index (χ4n) is 2.14. The summed E-state index contributed by atoms with van der Waals surface area (Å²) in [6.45, 7) is 3.88. The third kappa shape index (κ3) is 3.54. The predicted octanol–water partition coefficient (Wildman–Crippen LogP) is 3.08. The number of nitrogen functional groups attached to an aromatic ring is 1. The molecule has 4 nitrogen and oxygen atoms in total. The second-order valence-electron chi connectivity index (χ2n) is 5.07. The van der Waals surface area contributed by atoms with E-state index in [4.69, 9.17) is 10.5 Å². The van der Waals surface area contributed by atoms with Crippen LogP contribution in [0.2, 0.25) is 0 Å². The van der Waals surface area contributed by atoms with Gasteiger partial charge in [0.25, 0.3) is 5.91 Å². The van der Waals surface area contributed by atoms with Gasteiger partial charge in [-0.3, -0.25) is 4.79 Å². The average molecular weight is 284 g/mol. The van der Waals surface area contributed by atoms with Gasteiger partial charge in [0, 0.05) is 5.69 Å². The molecule has 1 amide bonds. The summed E-state index contributed by atoms with van der Waals surface area (Å²) in [4.78, 5) is 12.4. The first-order valence-corrected chi connectivity index (χ1v) is 6.82. The number of aryl methyl sites for hydroxylation is 1. The van der Waals surface area contributed by atoms with Crippen LogP contribution in [0.4, 0.5) is 5.69 Å². The van der Waals surface area contributed by atoms with Gasteiger partial charge in [-0.05, 0) is 43.7 Å². The Bertz CT molecular complexity index is 636. The van der Waals surface area contributed by atoms with Gasteiger partial charge < -0.3 is 15.8 Å². The second kappa shape index (κ2) is 6.31. The van der Waals surface area contributed by atoms with Crippen molar-refractivity contribution in [1.29, 1.82) is 0 Å². The maximum atomic E-state index is 12.4. The van der Waals surface area contributed by atoms with Crippen molar-refractivity contribution in [1.82, 2.24) is 5.32 Å². The number of nitrogens with one attached hydrogen (secondary N) is 1. The predicted molar refractivity (Wildman–Crippen MR) is 84.5 cm³/mol. The number of hydrogen-bond donors (Lipinski definition) is 2. The topological polar surface area (TPSA) is 64.3 Å². The zero-order valence-electron chi connectivity index (χ0n) is 12.5. The summed E-state index contributed by atoms with van der Waals surface area (Å²) >= 11 is 0. The van der Waals surface area contributed by atoms with Crippen molar-refractivity contribution in [2.24, 2.45) is 0 Å². The number of nitrogens with two attached hydrogens (primary N) is 1. The minimum Gasteiger partial charge on any atom is -0.496 e. The lowest BCUT2D eigenvalue weighted by atomic mass is 10.1. The minimum absolute atomic E-state index is 0.108. The number of carbonyl (C=O) groups is 1. The first-order chi connectivity index (χ1) is 10.0. The number of ether oxygens (including phenoxy) is 1. The smallest absolute Gasteiger partial charge is 0.255 e. The quantitative estimate of drug-likeness (QED) is 0.848. The molecule has 0 saturated heterocycles. The third-order valence-corrected chi connectivity index (χ3v) is 3.38. The zero-order chi connectivity index (χ0) is 15.4. The molecule has 1 atom stereocenters. The Labute approximate surface area is 124 Å². The van der Waals surface area contributed by atoms with Gasteiger partial charge in [-0.2, -0.15) is 0 Å². The van der Waals surface area contributed by atoms with Crippen LogP contribution in [0.15, 0.2) is 42.5 Å². The van der Waals surface area contributed by atoms with Gasteiger partial charge in [-0.15, -0.1) is 0 Å². The van der Waals surface area contributed by atoms with E-state index in [0.717, 1.165) is 11.1 Å². The fraction of sp³-hybridized carbons (Fsp3) is 0.235. The zero-order valence-corrected chi connectivity index (χ0v) is 12.5. The molecule has 0 aromatic heterocycles. The SMILES string of the molecule is COc1ccc(C)cc1C(=O)NC(C)c1ccc(N)cc1. The molecule has 0 bridgehead atoms. The largest absolute Gasteiger partial charge is 0.496 e. The molecule has 0 radical (unpaired) electrons. The highest BCUT2D eigenvalue weighted by Crippen LogP contribution is 2.21. The standard InChI is InChI=1S/C17H20N2O2/c1-11-4-9-16(21-3)15(10-11)17(20)19-12(2)13-5-7-14(18)8-6-13/h4-10,12H,18H2,1-3H3,(H,19,20). The van der Waals surface area contributed by atoms with Crippen LogP contribution in [0.25, 0.3) is 0 Å². The van der Waals surface area contributed by atoms with Crippen LogP contribution in [0.1, 0.15) is 34.5 Å². The monoisotopic (exact) mass is 284 g/mol. The summed E-state index contributed by atoms with van der Waals surface area (Å²) in [6.07, 6.45) is 0. The van der Waals surface area contributed by atoms with Crippen molar-refractivity contribution >= 4 is 11.6 Å². The number of hydrogen-bond acceptors (Lipinski definition) is 3. The lowest BCUT2D eigenvalue weighted by molar-refractivity contribution is 0.0936. The molecule has 2 rings (SSSR count). The molecule has 0 fully saturated rings. The molecule has 110 valence electrons. The molecule has 0 aliphatic carbocycles. The molecule has 0 saturated carbocycles. The molecule has 2 aromatic rings. The van der Waals surface area contributed by atoms with Crippen molar-refractivity contribution < 1.29 is 9.53 Å². The van der Waals surface area contributed by atoms with E-state index >= 15 is 0 Å². The van der Waals surface area contributed by atoms with Crippen LogP contribution in [0.3, 0.4) is 0 Å². The van der Waals surface area contributed by atoms with Gasteiger partial charge in [-0.1, -0.05) is 23.8 Å². The number of anilines is 1. The van der Waals surface area contributed by atoms with E-state index in [1.807, 2.05) is 50.2 Å². The van der Waals surface area contributed by atoms with Gasteiger partial charge >= 0.3 is 0 Å². The van der Waals surface area contributed by atoms with Crippen molar-refractivity contribution in [2.45, 2.75) is 19.9 Å². The van der Waals surface area contributed by atoms with Crippen LogP contribution in [0.5, 0.6) is 5.75 Å². The maximum absolute atomic E-state index is 12.4. The molecule has 0 aliphatic rings. The fourth-order valence-corrected chi connectivity index (χ4v) is 2.14. The average Bonchev–Trinajstić information content (AvgIpc) is 2.47. The highest BCUT2D eigenvalue weighted by Gasteiger charge is 2.15. The Hall–Kier alpha value is -2.49. The number of amides is 1. The molecule has 0 heterocycles. The maximum Gasteiger partial charge on any atom is 0.255 e. The number of benzene rings is 2. The van der Waals surface area contributed by atoms with Gasteiger partial charge in [0.05, 0.1) is 18.7 Å². The normalized spacial score (nSPS) is 11.8. The number of rotatable bonds is 4. The van der Waals surface area contributed by atoms with Crippen LogP contribution >= 0.6 is 0 Å². The third-order valence-electron chi connectivity index (χ3n) is 3.38. The Morgan fingerprint density at radius 2 is 1.86 bits per heavy atom. The molecule has 0 spiro atoms.